The molecule has 0 aliphatic carbocycles. The number of piperidine rings is 1. The third kappa shape index (κ3) is 14.7. The van der Waals surface area contributed by atoms with E-state index in [1.165, 1.54) is 14.0 Å². The van der Waals surface area contributed by atoms with Crippen LogP contribution in [-0.4, -0.2) is 108 Å². The van der Waals surface area contributed by atoms with Gasteiger partial charge in [-0.15, -0.1) is 11.3 Å². The number of hydrogen-bond acceptors (Lipinski definition) is 12. The number of methoxy groups -OCH3 is 1. The van der Waals surface area contributed by atoms with E-state index in [4.69, 9.17) is 14.2 Å². The highest BCUT2D eigenvalue weighted by Crippen LogP contribution is 2.31. The molecule has 0 saturated carbocycles. The van der Waals surface area contributed by atoms with Crippen molar-refractivity contribution in [2.45, 2.75) is 116 Å². The molecule has 3 aromatic rings. The first-order valence-electron chi connectivity index (χ1n) is 20.9. The number of carbonyl (C=O) groups is 6. The largest absolute Gasteiger partial charge is 0.467 e. The highest BCUT2D eigenvalue weighted by molar-refractivity contribution is 7.09. The number of carbonyl (C=O) groups excluding carboxylic acids is 6. The smallest absolute Gasteiger partial charge is 0.408 e. The molecule has 0 unspecified atom stereocenters. The molecule has 6 atom stereocenters. The lowest BCUT2D eigenvalue weighted by Crippen LogP contribution is -2.57. The van der Waals surface area contributed by atoms with E-state index in [0.717, 1.165) is 48.3 Å². The van der Waals surface area contributed by atoms with E-state index in [1.807, 2.05) is 88.2 Å². The van der Waals surface area contributed by atoms with Crippen LogP contribution in [0.15, 0.2) is 66.0 Å². The molecule has 61 heavy (non-hydrogen) atoms. The minimum atomic E-state index is -1.16. The van der Waals surface area contributed by atoms with E-state index in [-0.39, 0.29) is 54.8 Å². The Morgan fingerprint density at radius 2 is 1.54 bits per heavy atom. The molecule has 1 saturated heterocycles. The molecule has 3 N–H and O–H groups in total. The number of aromatic nitrogens is 1. The predicted octanol–water partition coefficient (Wildman–Crippen LogP) is 5.44. The summed E-state index contributed by atoms with van der Waals surface area (Å²) in [6.45, 7) is 9.82. The summed E-state index contributed by atoms with van der Waals surface area (Å²) < 4.78 is 16.2. The third-order valence-electron chi connectivity index (χ3n) is 10.9. The van der Waals surface area contributed by atoms with Crippen LogP contribution in [-0.2, 0) is 46.4 Å². The summed E-state index contributed by atoms with van der Waals surface area (Å²) in [4.78, 5) is 88.0. The summed E-state index contributed by atoms with van der Waals surface area (Å²) in [7, 11) is 4.83. The number of esters is 2. The average Bonchev–Trinajstić information content (AvgIpc) is 3.74. The van der Waals surface area contributed by atoms with E-state index in [0.29, 0.717) is 11.4 Å². The van der Waals surface area contributed by atoms with Gasteiger partial charge in [-0.3, -0.25) is 24.1 Å². The van der Waals surface area contributed by atoms with E-state index in [9.17, 15) is 28.8 Å². The summed E-state index contributed by atoms with van der Waals surface area (Å²) in [5, 5.41) is 10.5. The van der Waals surface area contributed by atoms with E-state index < -0.39 is 54.2 Å². The molecule has 2 aromatic carbocycles. The minimum absolute atomic E-state index is 0.00911. The highest BCUT2D eigenvalue weighted by Gasteiger charge is 2.37. The number of rotatable bonds is 20. The summed E-state index contributed by atoms with van der Waals surface area (Å²) in [5.74, 6) is -2.53. The van der Waals surface area contributed by atoms with Crippen molar-refractivity contribution >= 4 is 47.1 Å². The molecule has 332 valence electrons. The van der Waals surface area contributed by atoms with E-state index in [2.05, 4.69) is 20.9 Å². The fourth-order valence-electron chi connectivity index (χ4n) is 7.49. The topological polar surface area (TPSA) is 186 Å². The second-order valence-corrected chi connectivity index (χ2v) is 17.2. The Morgan fingerprint density at radius 1 is 0.885 bits per heavy atom. The van der Waals surface area contributed by atoms with Crippen LogP contribution in [0.4, 0.5) is 4.79 Å². The van der Waals surface area contributed by atoms with Gasteiger partial charge in [-0.05, 0) is 62.2 Å². The van der Waals surface area contributed by atoms with E-state index >= 15 is 0 Å². The van der Waals surface area contributed by atoms with Gasteiger partial charge in [0.1, 0.15) is 29.4 Å². The fourth-order valence-corrected chi connectivity index (χ4v) is 8.33. The molecule has 16 heteroatoms. The number of likely N-dealkylation sites (N-methyl/N-ethyl adjacent to an activating group) is 2. The van der Waals surface area contributed by atoms with Crippen LogP contribution in [0.3, 0.4) is 0 Å². The SMILES string of the molecule is COC(=O)[C@H](C[C@H](Cc1ccccc1)NC(=O)c1csc([C@@H](C[C@H](C(C)C)N(C)C(=O)[C@@H](NC(=O)[C@H]2CCCCN2C)C(C)C)OC(C)=O)n1)NC(=O)OCc1ccccc1. The van der Waals surface area contributed by atoms with Crippen molar-refractivity contribution in [1.82, 2.24) is 30.7 Å². The van der Waals surface area contributed by atoms with Crippen LogP contribution >= 0.6 is 11.3 Å². The molecule has 1 aromatic heterocycles. The van der Waals surface area contributed by atoms with Crippen LogP contribution in [0.1, 0.15) is 99.4 Å². The lowest BCUT2D eigenvalue weighted by molar-refractivity contribution is -0.149. The Labute approximate surface area is 363 Å². The quantitative estimate of drug-likeness (QED) is 0.0971. The van der Waals surface area contributed by atoms with Crippen LogP contribution in [0, 0.1) is 11.8 Å². The number of likely N-dealkylation sites (tertiary alicyclic amines) is 1. The van der Waals surface area contributed by atoms with Crippen LogP contribution < -0.4 is 16.0 Å². The average molecular weight is 863 g/mol. The van der Waals surface area contributed by atoms with Gasteiger partial charge in [-0.1, -0.05) is 94.8 Å². The van der Waals surface area contributed by atoms with E-state index in [1.54, 1.807) is 29.5 Å². The van der Waals surface area contributed by atoms with Crippen LogP contribution in [0.2, 0.25) is 0 Å². The molecule has 1 fully saturated rings. The standard InChI is InChI=1S/C45H62N6O9S/c1-28(2)37(51(7)43(55)39(29(3)4)49-41(54)36-21-15-16-22-50(36)6)25-38(60-30(5)52)42-47-35(27-61-42)40(53)46-33(23-31-17-11-9-12-18-31)24-34(44(56)58-8)48-45(57)59-26-32-19-13-10-14-20-32/h9-14,17-20,27-29,33-34,36-39H,15-16,21-26H2,1-8H3,(H,46,53)(H,48,57)(H,49,54)/t33-,34-,36+,37+,38+,39-/m0/s1. The monoisotopic (exact) mass is 862 g/mol. The highest BCUT2D eigenvalue weighted by atomic mass is 32.1. The van der Waals surface area contributed by atoms with Crippen molar-refractivity contribution in [3.05, 3.63) is 87.9 Å². The van der Waals surface area contributed by atoms with Crippen molar-refractivity contribution in [2.24, 2.45) is 11.8 Å². The van der Waals surface area contributed by atoms with Gasteiger partial charge in [-0.2, -0.15) is 0 Å². The second kappa shape index (κ2) is 23.6. The first kappa shape index (κ1) is 48.3. The number of benzene rings is 2. The molecule has 4 amide bonds. The van der Waals surface area contributed by atoms with Crippen molar-refractivity contribution in [3.63, 3.8) is 0 Å². The van der Waals surface area contributed by atoms with Crippen molar-refractivity contribution < 1.29 is 43.0 Å². The second-order valence-electron chi connectivity index (χ2n) is 16.3. The van der Waals surface area contributed by atoms with Gasteiger partial charge in [0.15, 0.2) is 6.10 Å². The van der Waals surface area contributed by atoms with Gasteiger partial charge in [0, 0.05) is 37.9 Å². The Balaban J connectivity index is 1.51. The van der Waals surface area contributed by atoms with Crippen molar-refractivity contribution in [2.75, 3.05) is 27.7 Å². The van der Waals surface area contributed by atoms with Gasteiger partial charge in [0.05, 0.1) is 13.2 Å². The molecule has 0 spiro atoms. The summed E-state index contributed by atoms with van der Waals surface area (Å²) >= 11 is 1.14. The fraction of sp³-hybridized carbons (Fsp3) is 0.533. The summed E-state index contributed by atoms with van der Waals surface area (Å²) in [5.41, 5.74) is 1.69. The molecule has 4 rings (SSSR count). The Kier molecular flexibility index (Phi) is 18.7. The maximum Gasteiger partial charge on any atom is 0.408 e. The van der Waals surface area contributed by atoms with Gasteiger partial charge in [0.2, 0.25) is 11.8 Å². The molecule has 2 heterocycles. The normalized spacial score (nSPS) is 16.7. The third-order valence-corrected chi connectivity index (χ3v) is 11.8. The zero-order valence-corrected chi connectivity index (χ0v) is 37.4. The molecule has 0 bridgehead atoms. The first-order valence-corrected chi connectivity index (χ1v) is 21.8. The number of ether oxygens (including phenoxy) is 3. The zero-order chi connectivity index (χ0) is 44.6. The Hall–Kier alpha value is -5.35. The van der Waals surface area contributed by atoms with Gasteiger partial charge < -0.3 is 35.1 Å². The molecular formula is C45H62N6O9S. The maximum atomic E-state index is 14.2. The van der Waals surface area contributed by atoms with Crippen molar-refractivity contribution in [3.8, 4) is 0 Å². The Morgan fingerprint density at radius 3 is 2.13 bits per heavy atom. The first-order chi connectivity index (χ1) is 29.1. The lowest BCUT2D eigenvalue weighted by atomic mass is 9.94. The van der Waals surface area contributed by atoms with Crippen LogP contribution in [0.5, 0.6) is 0 Å². The van der Waals surface area contributed by atoms with Crippen LogP contribution in [0.25, 0.3) is 0 Å². The predicted molar refractivity (Wildman–Crippen MR) is 231 cm³/mol. The number of nitrogens with zero attached hydrogens (tertiary/aromatic N) is 3. The number of thiazole rings is 1. The molecule has 1 aliphatic rings. The zero-order valence-electron chi connectivity index (χ0n) is 36.6. The van der Waals surface area contributed by atoms with Crippen molar-refractivity contribution in [1.29, 1.82) is 0 Å². The summed E-state index contributed by atoms with van der Waals surface area (Å²) in [6.07, 6.45) is 1.44. The van der Waals surface area contributed by atoms with Gasteiger partial charge in [-0.25, -0.2) is 14.6 Å². The minimum Gasteiger partial charge on any atom is -0.467 e. The molecule has 15 nitrogen and oxygen atoms in total. The molecule has 0 radical (unpaired) electrons. The Bertz CT molecular complexity index is 1910. The van der Waals surface area contributed by atoms with Gasteiger partial charge in [0.25, 0.3) is 5.91 Å². The number of amides is 4. The summed E-state index contributed by atoms with van der Waals surface area (Å²) in [6, 6.07) is 15.1. The molecular weight excluding hydrogens is 801 g/mol. The van der Waals surface area contributed by atoms with Gasteiger partial charge >= 0.3 is 18.0 Å². The number of nitrogens with one attached hydrogen (secondary N) is 3. The lowest BCUT2D eigenvalue weighted by Gasteiger charge is -2.37. The maximum absolute atomic E-state index is 14.2. The molecule has 1 aliphatic heterocycles. The number of hydrogen-bond donors (Lipinski definition) is 3. The number of alkyl carbamates (subject to hydrolysis) is 1.